The standard InChI is InChI=1S/C28H32N6O3S/c1-5-28(3,4)34-26(30-31-32-34)25(33(17-21-9-7-13-37-21)18-22-10-8-14-38-22)23-16-19-15-20(36-6-2)11-12-24(19)29-27(23)35/h7-16,25H,5-6,17-18H2,1-4H3,(H,29,35)/t25-/m1/s1. The lowest BCUT2D eigenvalue weighted by atomic mass is 9.99. The second-order valence-electron chi connectivity index (χ2n) is 9.82. The average Bonchev–Trinajstić information content (AvgIpc) is 3.69. The fourth-order valence-corrected chi connectivity index (χ4v) is 5.28. The quantitative estimate of drug-likeness (QED) is 0.239. The summed E-state index contributed by atoms with van der Waals surface area (Å²) in [7, 11) is 0. The van der Waals surface area contributed by atoms with Crippen LogP contribution in [-0.4, -0.2) is 36.7 Å². The van der Waals surface area contributed by atoms with Crippen LogP contribution in [-0.2, 0) is 18.6 Å². The number of thiophene rings is 1. The van der Waals surface area contributed by atoms with E-state index in [0.29, 0.717) is 31.1 Å². The molecule has 198 valence electrons. The van der Waals surface area contributed by atoms with Crippen LogP contribution in [0.5, 0.6) is 5.75 Å². The smallest absolute Gasteiger partial charge is 0.253 e. The zero-order valence-electron chi connectivity index (χ0n) is 22.0. The molecular weight excluding hydrogens is 500 g/mol. The number of pyridine rings is 1. The molecule has 0 saturated carbocycles. The number of ether oxygens (including phenoxy) is 1. The third kappa shape index (κ3) is 5.27. The van der Waals surface area contributed by atoms with Crippen LogP contribution in [0.1, 0.15) is 62.2 Å². The number of rotatable bonds is 11. The number of benzene rings is 1. The van der Waals surface area contributed by atoms with Gasteiger partial charge in [-0.15, -0.1) is 16.4 Å². The summed E-state index contributed by atoms with van der Waals surface area (Å²) in [4.78, 5) is 20.1. The molecule has 0 aliphatic rings. The first-order valence-electron chi connectivity index (χ1n) is 12.8. The van der Waals surface area contributed by atoms with Crippen LogP contribution < -0.4 is 10.3 Å². The lowest BCUT2D eigenvalue weighted by molar-refractivity contribution is 0.169. The number of aromatic nitrogens is 5. The van der Waals surface area contributed by atoms with Gasteiger partial charge in [0, 0.05) is 27.9 Å². The highest BCUT2D eigenvalue weighted by Gasteiger charge is 2.35. The molecule has 1 N–H and O–H groups in total. The van der Waals surface area contributed by atoms with Crippen molar-refractivity contribution in [2.24, 2.45) is 0 Å². The van der Waals surface area contributed by atoms with E-state index in [1.807, 2.05) is 54.1 Å². The molecule has 1 atom stereocenters. The zero-order valence-corrected chi connectivity index (χ0v) is 22.9. The lowest BCUT2D eigenvalue weighted by Crippen LogP contribution is -2.37. The van der Waals surface area contributed by atoms with E-state index in [1.54, 1.807) is 17.6 Å². The molecule has 0 radical (unpaired) electrons. The minimum Gasteiger partial charge on any atom is -0.494 e. The van der Waals surface area contributed by atoms with E-state index in [1.165, 1.54) is 0 Å². The van der Waals surface area contributed by atoms with E-state index in [2.05, 4.69) is 57.6 Å². The molecule has 4 heterocycles. The van der Waals surface area contributed by atoms with E-state index in [-0.39, 0.29) is 11.1 Å². The molecule has 0 bridgehead atoms. The maximum absolute atomic E-state index is 13.7. The molecule has 38 heavy (non-hydrogen) atoms. The molecule has 10 heteroatoms. The Balaban J connectivity index is 1.72. The van der Waals surface area contributed by atoms with Crippen LogP contribution in [0.4, 0.5) is 0 Å². The maximum atomic E-state index is 13.7. The van der Waals surface area contributed by atoms with Gasteiger partial charge in [0.2, 0.25) is 0 Å². The number of H-pyrrole nitrogens is 1. The number of hydrogen-bond acceptors (Lipinski definition) is 8. The molecule has 0 fully saturated rings. The second kappa shape index (κ2) is 10.9. The second-order valence-corrected chi connectivity index (χ2v) is 10.8. The van der Waals surface area contributed by atoms with E-state index in [0.717, 1.165) is 33.7 Å². The van der Waals surface area contributed by atoms with Crippen LogP contribution in [0.2, 0.25) is 0 Å². The number of tetrazole rings is 1. The summed E-state index contributed by atoms with van der Waals surface area (Å²) in [5.41, 5.74) is 0.746. The van der Waals surface area contributed by atoms with Crippen molar-refractivity contribution in [2.45, 2.75) is 58.8 Å². The van der Waals surface area contributed by atoms with Crippen molar-refractivity contribution in [1.29, 1.82) is 0 Å². The number of nitrogens with zero attached hydrogens (tertiary/aromatic N) is 5. The van der Waals surface area contributed by atoms with Crippen LogP contribution >= 0.6 is 11.3 Å². The van der Waals surface area contributed by atoms with E-state index in [9.17, 15) is 4.79 Å². The Kier molecular flexibility index (Phi) is 7.44. The van der Waals surface area contributed by atoms with Gasteiger partial charge >= 0.3 is 0 Å². The number of aromatic amines is 1. The van der Waals surface area contributed by atoms with Gasteiger partial charge in [0.1, 0.15) is 17.6 Å². The molecule has 0 unspecified atom stereocenters. The van der Waals surface area contributed by atoms with Gasteiger partial charge in [0.15, 0.2) is 5.82 Å². The van der Waals surface area contributed by atoms with Gasteiger partial charge in [-0.2, -0.15) is 0 Å². The van der Waals surface area contributed by atoms with Crippen molar-refractivity contribution >= 4 is 22.2 Å². The van der Waals surface area contributed by atoms with Gasteiger partial charge in [-0.05, 0) is 85.5 Å². The predicted molar refractivity (Wildman–Crippen MR) is 147 cm³/mol. The molecule has 0 aliphatic heterocycles. The Bertz CT molecular complexity index is 1500. The van der Waals surface area contributed by atoms with Crippen molar-refractivity contribution in [3.05, 3.63) is 92.6 Å². The topological polar surface area (TPSA) is 102 Å². The van der Waals surface area contributed by atoms with Crippen LogP contribution in [0, 0.1) is 0 Å². The minimum absolute atomic E-state index is 0.189. The monoisotopic (exact) mass is 532 g/mol. The lowest BCUT2D eigenvalue weighted by Gasteiger charge is -2.33. The fraction of sp³-hybridized carbons (Fsp3) is 0.357. The fourth-order valence-electron chi connectivity index (χ4n) is 4.55. The molecule has 5 rings (SSSR count). The highest BCUT2D eigenvalue weighted by molar-refractivity contribution is 7.09. The molecule has 9 nitrogen and oxygen atoms in total. The van der Waals surface area contributed by atoms with Gasteiger partial charge in [0.05, 0.1) is 25.0 Å². The summed E-state index contributed by atoms with van der Waals surface area (Å²) in [6.45, 7) is 9.85. The van der Waals surface area contributed by atoms with Gasteiger partial charge < -0.3 is 14.1 Å². The highest BCUT2D eigenvalue weighted by atomic mass is 32.1. The van der Waals surface area contributed by atoms with Crippen LogP contribution in [0.25, 0.3) is 10.9 Å². The molecule has 0 spiro atoms. The number of fused-ring (bicyclic) bond motifs is 1. The van der Waals surface area contributed by atoms with Gasteiger partial charge in [0.25, 0.3) is 5.56 Å². The number of furan rings is 1. The van der Waals surface area contributed by atoms with Gasteiger partial charge in [-0.1, -0.05) is 13.0 Å². The Morgan fingerprint density at radius 3 is 2.74 bits per heavy atom. The third-order valence-corrected chi connectivity index (χ3v) is 7.73. The first-order valence-corrected chi connectivity index (χ1v) is 13.6. The van der Waals surface area contributed by atoms with Gasteiger partial charge in [-0.25, -0.2) is 4.68 Å². The van der Waals surface area contributed by atoms with E-state index in [4.69, 9.17) is 9.15 Å². The summed E-state index contributed by atoms with van der Waals surface area (Å²) in [6, 6.07) is 15.0. The zero-order chi connectivity index (χ0) is 26.7. The van der Waals surface area contributed by atoms with Gasteiger partial charge in [-0.3, -0.25) is 9.69 Å². The van der Waals surface area contributed by atoms with Crippen molar-refractivity contribution < 1.29 is 9.15 Å². The summed E-state index contributed by atoms with van der Waals surface area (Å²) in [5.74, 6) is 2.14. The van der Waals surface area contributed by atoms with Crippen molar-refractivity contribution in [2.75, 3.05) is 6.61 Å². The van der Waals surface area contributed by atoms with Crippen molar-refractivity contribution in [1.82, 2.24) is 30.1 Å². The predicted octanol–water partition coefficient (Wildman–Crippen LogP) is 5.50. The van der Waals surface area contributed by atoms with Crippen LogP contribution in [0.15, 0.2) is 69.4 Å². The van der Waals surface area contributed by atoms with Crippen molar-refractivity contribution in [3.63, 3.8) is 0 Å². The highest BCUT2D eigenvalue weighted by Crippen LogP contribution is 2.33. The third-order valence-electron chi connectivity index (χ3n) is 6.87. The first-order chi connectivity index (χ1) is 18.4. The molecule has 5 aromatic rings. The Morgan fingerprint density at radius 2 is 2.03 bits per heavy atom. The minimum atomic E-state index is -0.549. The maximum Gasteiger partial charge on any atom is 0.253 e. The molecular formula is C28H32N6O3S. The Labute approximate surface area is 225 Å². The SMILES string of the molecule is CCOc1ccc2[nH]c(=O)c([C@H](c3nnnn3C(C)(C)CC)N(Cc3ccco3)Cc3cccs3)cc2c1. The molecule has 0 amide bonds. The molecule has 1 aromatic carbocycles. The number of hydrogen-bond donors (Lipinski definition) is 1. The average molecular weight is 533 g/mol. The summed E-state index contributed by atoms with van der Waals surface area (Å²) in [6.07, 6.45) is 2.47. The number of nitrogens with one attached hydrogen (secondary N) is 1. The molecule has 4 aromatic heterocycles. The molecule has 0 saturated heterocycles. The summed E-state index contributed by atoms with van der Waals surface area (Å²) in [5, 5.41) is 15.9. The summed E-state index contributed by atoms with van der Waals surface area (Å²) >= 11 is 1.67. The first kappa shape index (κ1) is 25.9. The van der Waals surface area contributed by atoms with E-state index >= 15 is 0 Å². The normalized spacial score (nSPS) is 12.9. The Hall–Kier alpha value is -3.76. The Morgan fingerprint density at radius 1 is 1.16 bits per heavy atom. The van der Waals surface area contributed by atoms with E-state index < -0.39 is 6.04 Å². The largest absolute Gasteiger partial charge is 0.494 e. The molecule has 0 aliphatic carbocycles. The van der Waals surface area contributed by atoms with Crippen molar-refractivity contribution in [3.8, 4) is 5.75 Å². The summed E-state index contributed by atoms with van der Waals surface area (Å²) < 4.78 is 13.3. The van der Waals surface area contributed by atoms with Crippen LogP contribution in [0.3, 0.4) is 0 Å².